The minimum atomic E-state index is -3.07. The molecule has 0 N–H and O–H groups in total. The van der Waals surface area contributed by atoms with Gasteiger partial charge in [-0.25, -0.2) is 14.2 Å². The zero-order chi connectivity index (χ0) is 27.3. The van der Waals surface area contributed by atoms with E-state index in [0.717, 1.165) is 15.9 Å². The van der Waals surface area contributed by atoms with E-state index in [4.69, 9.17) is 13.9 Å². The number of carbonyl (C=O) groups is 1. The third-order valence-corrected chi connectivity index (χ3v) is 11.6. The van der Waals surface area contributed by atoms with Crippen LogP contribution in [0.3, 0.4) is 0 Å². The Labute approximate surface area is 224 Å². The van der Waals surface area contributed by atoms with Gasteiger partial charge in [0.05, 0.1) is 19.8 Å². The van der Waals surface area contributed by atoms with Crippen molar-refractivity contribution in [3.8, 4) is 11.6 Å². The number of carbonyl (C=O) groups excluding carboxylic acids is 1. The van der Waals surface area contributed by atoms with Crippen molar-refractivity contribution in [3.63, 3.8) is 0 Å². The second-order valence-electron chi connectivity index (χ2n) is 10.0. The van der Waals surface area contributed by atoms with Crippen molar-refractivity contribution < 1.29 is 23.1 Å². The maximum absolute atomic E-state index is 15.3. The van der Waals surface area contributed by atoms with Gasteiger partial charge in [-0.15, -0.1) is 0 Å². The molecule has 0 amide bonds. The predicted molar refractivity (Wildman–Crippen MR) is 150 cm³/mol. The van der Waals surface area contributed by atoms with Crippen LogP contribution in [0.25, 0.3) is 0 Å². The highest BCUT2D eigenvalue weighted by Gasteiger charge is 2.52. The SMILES string of the molecule is COC(=O)c1cc(O[Si](c2ccccc2)(c2ccccc2)C(C)(C)C)c(Cc2cccnc2OC)cc1F. The fourth-order valence-electron chi connectivity index (χ4n) is 4.86. The van der Waals surface area contributed by atoms with Gasteiger partial charge in [0.25, 0.3) is 0 Å². The largest absolute Gasteiger partial charge is 0.534 e. The number of halogens is 1. The Bertz CT molecular complexity index is 1370. The Morgan fingerprint density at radius 2 is 1.47 bits per heavy atom. The number of benzene rings is 3. The van der Waals surface area contributed by atoms with E-state index in [1.165, 1.54) is 19.2 Å². The first-order valence-electron chi connectivity index (χ1n) is 12.4. The monoisotopic (exact) mass is 529 g/mol. The molecule has 0 aliphatic carbocycles. The van der Waals surface area contributed by atoms with Crippen LogP contribution in [0.15, 0.2) is 91.1 Å². The molecule has 0 atom stereocenters. The van der Waals surface area contributed by atoms with Crippen LogP contribution in [0.2, 0.25) is 5.04 Å². The van der Waals surface area contributed by atoms with E-state index in [1.54, 1.807) is 19.4 Å². The number of nitrogens with zero attached hydrogens (tertiary/aromatic N) is 1. The normalized spacial score (nSPS) is 11.6. The molecule has 38 heavy (non-hydrogen) atoms. The maximum atomic E-state index is 15.3. The molecule has 0 bridgehead atoms. The van der Waals surface area contributed by atoms with Crippen LogP contribution in [-0.2, 0) is 11.2 Å². The van der Waals surface area contributed by atoms with Crippen molar-refractivity contribution in [1.82, 2.24) is 4.98 Å². The summed E-state index contributed by atoms with van der Waals surface area (Å²) in [5.74, 6) is -0.571. The summed E-state index contributed by atoms with van der Waals surface area (Å²) in [6.07, 6.45) is 1.94. The van der Waals surface area contributed by atoms with E-state index < -0.39 is 20.1 Å². The average molecular weight is 530 g/mol. The Morgan fingerprint density at radius 1 is 0.868 bits per heavy atom. The fraction of sp³-hybridized carbons (Fsp3) is 0.226. The number of hydrogen-bond donors (Lipinski definition) is 0. The number of rotatable bonds is 8. The quantitative estimate of drug-likeness (QED) is 0.221. The van der Waals surface area contributed by atoms with Gasteiger partial charge in [0.15, 0.2) is 0 Å². The Morgan fingerprint density at radius 3 is 2.00 bits per heavy atom. The van der Waals surface area contributed by atoms with Gasteiger partial charge in [0.2, 0.25) is 5.88 Å². The third-order valence-electron chi connectivity index (χ3n) is 6.66. The fourth-order valence-corrected chi connectivity index (χ4v) is 9.31. The van der Waals surface area contributed by atoms with Gasteiger partial charge in [0, 0.05) is 23.7 Å². The van der Waals surface area contributed by atoms with Crippen molar-refractivity contribution in [3.05, 3.63) is 114 Å². The molecule has 0 saturated heterocycles. The Hall–Kier alpha value is -3.97. The molecule has 0 unspecified atom stereocenters. The summed E-state index contributed by atoms with van der Waals surface area (Å²) in [4.78, 5) is 16.8. The van der Waals surface area contributed by atoms with Gasteiger partial charge in [-0.1, -0.05) is 87.5 Å². The lowest BCUT2D eigenvalue weighted by atomic mass is 10.0. The van der Waals surface area contributed by atoms with E-state index >= 15 is 4.39 Å². The van der Waals surface area contributed by atoms with Crippen molar-refractivity contribution in [2.45, 2.75) is 32.2 Å². The Balaban J connectivity index is 1.99. The Kier molecular flexibility index (Phi) is 7.97. The molecule has 4 aromatic rings. The third kappa shape index (κ3) is 5.20. The molecule has 5 nitrogen and oxygen atoms in total. The van der Waals surface area contributed by atoms with E-state index in [1.807, 2.05) is 42.5 Å². The van der Waals surface area contributed by atoms with Gasteiger partial charge in [-0.3, -0.25) is 0 Å². The first-order chi connectivity index (χ1) is 18.2. The van der Waals surface area contributed by atoms with Gasteiger partial charge in [-0.05, 0) is 33.6 Å². The second kappa shape index (κ2) is 11.2. The van der Waals surface area contributed by atoms with Crippen LogP contribution in [-0.4, -0.2) is 33.5 Å². The van der Waals surface area contributed by atoms with Gasteiger partial charge in [-0.2, -0.15) is 0 Å². The maximum Gasteiger partial charge on any atom is 0.340 e. The predicted octanol–water partition coefficient (Wildman–Crippen LogP) is 5.55. The molecule has 196 valence electrons. The smallest absolute Gasteiger partial charge is 0.340 e. The van der Waals surface area contributed by atoms with Crippen LogP contribution in [0.4, 0.5) is 4.39 Å². The van der Waals surface area contributed by atoms with Crippen LogP contribution in [0, 0.1) is 5.82 Å². The molecular weight excluding hydrogens is 497 g/mol. The molecule has 1 heterocycles. The summed E-state index contributed by atoms with van der Waals surface area (Å²) in [6.45, 7) is 6.48. The number of hydrogen-bond acceptors (Lipinski definition) is 5. The van der Waals surface area contributed by atoms with E-state index in [2.05, 4.69) is 50.0 Å². The van der Waals surface area contributed by atoms with Crippen LogP contribution < -0.4 is 19.5 Å². The summed E-state index contributed by atoms with van der Waals surface area (Å²) < 4.78 is 32.8. The van der Waals surface area contributed by atoms with Crippen molar-refractivity contribution >= 4 is 24.7 Å². The molecule has 0 saturated carbocycles. The highest BCUT2D eigenvalue weighted by Crippen LogP contribution is 2.39. The number of methoxy groups -OCH3 is 2. The molecule has 0 aliphatic rings. The lowest BCUT2D eigenvalue weighted by Gasteiger charge is -2.43. The van der Waals surface area contributed by atoms with Gasteiger partial charge >= 0.3 is 14.3 Å². The molecule has 0 aliphatic heterocycles. The van der Waals surface area contributed by atoms with Crippen molar-refractivity contribution in [1.29, 1.82) is 0 Å². The zero-order valence-electron chi connectivity index (χ0n) is 22.3. The molecule has 0 fully saturated rings. The highest BCUT2D eigenvalue weighted by atomic mass is 28.4. The number of aromatic nitrogens is 1. The summed E-state index contributed by atoms with van der Waals surface area (Å²) in [6, 6.07) is 26.8. The summed E-state index contributed by atoms with van der Waals surface area (Å²) >= 11 is 0. The molecule has 1 aromatic heterocycles. The highest BCUT2D eigenvalue weighted by molar-refractivity contribution is 7.00. The summed E-state index contributed by atoms with van der Waals surface area (Å²) in [5, 5.41) is 1.79. The average Bonchev–Trinajstić information content (AvgIpc) is 2.93. The minimum absolute atomic E-state index is 0.178. The minimum Gasteiger partial charge on any atom is -0.534 e. The lowest BCUT2D eigenvalue weighted by molar-refractivity contribution is 0.0595. The molecule has 0 radical (unpaired) electrons. The second-order valence-corrected chi connectivity index (χ2v) is 14.3. The van der Waals surface area contributed by atoms with Crippen LogP contribution in [0.1, 0.15) is 42.3 Å². The zero-order valence-corrected chi connectivity index (χ0v) is 23.3. The number of ether oxygens (including phenoxy) is 2. The molecular formula is C31H32FNO4Si. The molecule has 3 aromatic carbocycles. The standard InChI is InChI=1S/C31H32FNO4Si/c1-31(2,3)38(24-14-8-6-9-15-24,25-16-10-7-11-17-25)37-28-21-26(30(34)36-5)27(32)20-23(28)19-22-13-12-18-33-29(22)35-4/h6-18,20-21H,19H2,1-5H3. The van der Waals surface area contributed by atoms with Crippen LogP contribution in [0.5, 0.6) is 11.6 Å². The van der Waals surface area contributed by atoms with Gasteiger partial charge in [0.1, 0.15) is 11.6 Å². The first-order valence-corrected chi connectivity index (χ1v) is 14.3. The lowest BCUT2D eigenvalue weighted by Crippen LogP contribution is -2.69. The van der Waals surface area contributed by atoms with Crippen LogP contribution >= 0.6 is 0 Å². The molecule has 0 spiro atoms. The van der Waals surface area contributed by atoms with E-state index in [9.17, 15) is 4.79 Å². The molecule has 7 heteroatoms. The topological polar surface area (TPSA) is 57.7 Å². The summed E-state index contributed by atoms with van der Waals surface area (Å²) in [7, 11) is -0.284. The first kappa shape index (κ1) is 27.1. The molecule has 4 rings (SSSR count). The summed E-state index contributed by atoms with van der Waals surface area (Å²) in [5.41, 5.74) is 1.17. The number of pyridine rings is 1. The van der Waals surface area contributed by atoms with E-state index in [-0.39, 0.29) is 10.6 Å². The number of esters is 1. The van der Waals surface area contributed by atoms with Crippen molar-refractivity contribution in [2.24, 2.45) is 0 Å². The van der Waals surface area contributed by atoms with Gasteiger partial charge < -0.3 is 13.9 Å². The van der Waals surface area contributed by atoms with Crippen molar-refractivity contribution in [2.75, 3.05) is 14.2 Å². The van der Waals surface area contributed by atoms with E-state index in [0.29, 0.717) is 23.6 Å².